The third-order valence-corrected chi connectivity index (χ3v) is 3.33. The van der Waals surface area contributed by atoms with E-state index in [0.717, 1.165) is 12.8 Å². The van der Waals surface area contributed by atoms with E-state index in [1.54, 1.807) is 0 Å². The first kappa shape index (κ1) is 7.08. The van der Waals surface area contributed by atoms with Crippen LogP contribution in [-0.2, 0) is 4.79 Å². The number of fused-ring (bicyclic) bond motifs is 1. The van der Waals surface area contributed by atoms with E-state index in [2.05, 4.69) is 26.0 Å². The number of carbonyl (C=O) groups excluding carboxylic acids is 1. The summed E-state index contributed by atoms with van der Waals surface area (Å²) in [7, 11) is 0. The molecule has 0 spiro atoms. The number of Topliss-reactive ketones (excluding diaryl/α,β-unsaturated/α-hetero) is 1. The van der Waals surface area contributed by atoms with Gasteiger partial charge in [0.15, 0.2) is 0 Å². The Morgan fingerprint density at radius 3 is 2.64 bits per heavy atom. The molecule has 2 aliphatic carbocycles. The lowest BCUT2D eigenvalue weighted by atomic mass is 9.51. The first-order valence-corrected chi connectivity index (χ1v) is 4.33. The second-order valence-corrected chi connectivity index (χ2v) is 4.24. The van der Waals surface area contributed by atoms with Gasteiger partial charge >= 0.3 is 0 Å². The van der Waals surface area contributed by atoms with Crippen molar-refractivity contribution in [2.24, 2.45) is 17.3 Å². The van der Waals surface area contributed by atoms with E-state index in [9.17, 15) is 4.79 Å². The molecule has 0 aliphatic heterocycles. The Kier molecular flexibility index (Phi) is 1.26. The van der Waals surface area contributed by atoms with Gasteiger partial charge in [0.25, 0.3) is 0 Å². The fraction of sp³-hybridized carbons (Fsp3) is 0.700. The monoisotopic (exact) mass is 150 g/mol. The van der Waals surface area contributed by atoms with E-state index < -0.39 is 0 Å². The molecule has 0 radical (unpaired) electrons. The molecule has 2 atom stereocenters. The number of hydrogen-bond donors (Lipinski definition) is 0. The van der Waals surface area contributed by atoms with Crippen LogP contribution in [-0.4, -0.2) is 5.78 Å². The minimum absolute atomic E-state index is 0.0184. The lowest BCUT2D eigenvalue weighted by Crippen LogP contribution is -2.54. The molecule has 1 heteroatoms. The summed E-state index contributed by atoms with van der Waals surface area (Å²) in [6, 6.07) is 0. The van der Waals surface area contributed by atoms with Gasteiger partial charge in [0, 0.05) is 11.3 Å². The van der Waals surface area contributed by atoms with E-state index >= 15 is 0 Å². The predicted molar refractivity (Wildman–Crippen MR) is 44.1 cm³/mol. The van der Waals surface area contributed by atoms with Crippen molar-refractivity contribution in [2.45, 2.75) is 26.7 Å². The van der Waals surface area contributed by atoms with Crippen LogP contribution in [0.2, 0.25) is 0 Å². The number of carbonyl (C=O) groups is 1. The molecule has 0 saturated heterocycles. The molecule has 11 heavy (non-hydrogen) atoms. The second kappa shape index (κ2) is 1.96. The number of allylic oxidation sites excluding steroid dienone is 2. The van der Waals surface area contributed by atoms with Crippen molar-refractivity contribution in [3.05, 3.63) is 12.2 Å². The van der Waals surface area contributed by atoms with Crippen molar-refractivity contribution in [2.75, 3.05) is 0 Å². The molecular formula is C10H14O. The third kappa shape index (κ3) is 0.741. The van der Waals surface area contributed by atoms with Gasteiger partial charge in [-0.1, -0.05) is 26.0 Å². The van der Waals surface area contributed by atoms with Crippen LogP contribution in [0.4, 0.5) is 0 Å². The molecule has 0 amide bonds. The summed E-state index contributed by atoms with van der Waals surface area (Å²) < 4.78 is 0. The fourth-order valence-corrected chi connectivity index (χ4v) is 2.47. The summed E-state index contributed by atoms with van der Waals surface area (Å²) >= 11 is 0. The van der Waals surface area contributed by atoms with E-state index in [-0.39, 0.29) is 5.41 Å². The van der Waals surface area contributed by atoms with Crippen LogP contribution in [0.3, 0.4) is 0 Å². The molecule has 0 aromatic heterocycles. The van der Waals surface area contributed by atoms with Gasteiger partial charge in [0.1, 0.15) is 5.78 Å². The van der Waals surface area contributed by atoms with Crippen LogP contribution < -0.4 is 0 Å². The van der Waals surface area contributed by atoms with Gasteiger partial charge in [-0.3, -0.25) is 4.79 Å². The van der Waals surface area contributed by atoms with Crippen molar-refractivity contribution in [1.29, 1.82) is 0 Å². The Balaban J connectivity index is 2.24. The maximum Gasteiger partial charge on any atom is 0.142 e. The summed E-state index contributed by atoms with van der Waals surface area (Å²) in [5.41, 5.74) is -0.0184. The lowest BCUT2D eigenvalue weighted by Gasteiger charge is -2.50. The molecule has 1 fully saturated rings. The lowest BCUT2D eigenvalue weighted by molar-refractivity contribution is -0.153. The average Bonchev–Trinajstić information content (AvgIpc) is 2.04. The SMILES string of the molecule is CC1(C)C(=O)[C@H]2CC=CC[C@H]21. The van der Waals surface area contributed by atoms with Crippen LogP contribution in [0.5, 0.6) is 0 Å². The first-order chi connectivity index (χ1) is 5.14. The van der Waals surface area contributed by atoms with Crippen molar-refractivity contribution in [1.82, 2.24) is 0 Å². The van der Waals surface area contributed by atoms with E-state index in [4.69, 9.17) is 0 Å². The molecule has 0 heterocycles. The summed E-state index contributed by atoms with van der Waals surface area (Å²) in [6.07, 6.45) is 6.47. The zero-order valence-electron chi connectivity index (χ0n) is 7.13. The van der Waals surface area contributed by atoms with Gasteiger partial charge in [-0.05, 0) is 18.8 Å². The normalized spacial score (nSPS) is 39.6. The summed E-state index contributed by atoms with van der Waals surface area (Å²) in [4.78, 5) is 11.5. The smallest absolute Gasteiger partial charge is 0.142 e. The summed E-state index contributed by atoms with van der Waals surface area (Å²) in [5, 5.41) is 0. The molecule has 1 nitrogen and oxygen atoms in total. The Morgan fingerprint density at radius 1 is 1.36 bits per heavy atom. The molecule has 0 unspecified atom stereocenters. The molecular weight excluding hydrogens is 136 g/mol. The van der Waals surface area contributed by atoms with Gasteiger partial charge in [-0.25, -0.2) is 0 Å². The molecule has 0 bridgehead atoms. The molecule has 0 N–H and O–H groups in total. The van der Waals surface area contributed by atoms with Crippen LogP contribution in [0.1, 0.15) is 26.7 Å². The quantitative estimate of drug-likeness (QED) is 0.484. The molecule has 0 aromatic rings. The van der Waals surface area contributed by atoms with Gasteiger partial charge in [0.05, 0.1) is 0 Å². The van der Waals surface area contributed by atoms with Crippen LogP contribution >= 0.6 is 0 Å². The van der Waals surface area contributed by atoms with Crippen molar-refractivity contribution in [3.8, 4) is 0 Å². The highest BCUT2D eigenvalue weighted by atomic mass is 16.1. The van der Waals surface area contributed by atoms with Crippen LogP contribution in [0.15, 0.2) is 12.2 Å². The van der Waals surface area contributed by atoms with E-state index in [0.29, 0.717) is 17.6 Å². The maximum absolute atomic E-state index is 11.5. The molecule has 1 saturated carbocycles. The molecule has 60 valence electrons. The van der Waals surface area contributed by atoms with Crippen molar-refractivity contribution < 1.29 is 4.79 Å². The summed E-state index contributed by atoms with van der Waals surface area (Å²) in [6.45, 7) is 4.16. The predicted octanol–water partition coefficient (Wildman–Crippen LogP) is 2.18. The molecule has 0 aromatic carbocycles. The number of ketones is 1. The highest BCUT2D eigenvalue weighted by Crippen LogP contribution is 2.52. The molecule has 2 aliphatic rings. The van der Waals surface area contributed by atoms with Crippen LogP contribution in [0, 0.1) is 17.3 Å². The Hall–Kier alpha value is -0.590. The standard InChI is InChI=1S/C10H14O/c1-10(2)8-6-4-3-5-7(8)9(10)11/h3-4,7-8H,5-6H2,1-2H3/t7-,8+/m0/s1. The van der Waals surface area contributed by atoms with E-state index in [1.165, 1.54) is 0 Å². The van der Waals surface area contributed by atoms with Crippen LogP contribution in [0.25, 0.3) is 0 Å². The van der Waals surface area contributed by atoms with Gasteiger partial charge in [0.2, 0.25) is 0 Å². The second-order valence-electron chi connectivity index (χ2n) is 4.24. The first-order valence-electron chi connectivity index (χ1n) is 4.33. The highest BCUT2D eigenvalue weighted by molar-refractivity contribution is 5.93. The van der Waals surface area contributed by atoms with E-state index in [1.807, 2.05) is 0 Å². The van der Waals surface area contributed by atoms with Gasteiger partial charge in [-0.2, -0.15) is 0 Å². The summed E-state index contributed by atoms with van der Waals surface area (Å²) in [5.74, 6) is 1.49. The highest BCUT2D eigenvalue weighted by Gasteiger charge is 2.54. The fourth-order valence-electron chi connectivity index (χ4n) is 2.47. The van der Waals surface area contributed by atoms with Gasteiger partial charge in [-0.15, -0.1) is 0 Å². The largest absolute Gasteiger partial charge is 0.299 e. The topological polar surface area (TPSA) is 17.1 Å². The minimum Gasteiger partial charge on any atom is -0.299 e. The average molecular weight is 150 g/mol. The maximum atomic E-state index is 11.5. The number of hydrogen-bond acceptors (Lipinski definition) is 1. The van der Waals surface area contributed by atoms with Crippen molar-refractivity contribution in [3.63, 3.8) is 0 Å². The zero-order valence-corrected chi connectivity index (χ0v) is 7.13. The third-order valence-electron chi connectivity index (χ3n) is 3.33. The zero-order chi connectivity index (χ0) is 8.06. The number of rotatable bonds is 0. The Labute approximate surface area is 67.5 Å². The van der Waals surface area contributed by atoms with Gasteiger partial charge < -0.3 is 0 Å². The van der Waals surface area contributed by atoms with Crippen molar-refractivity contribution >= 4 is 5.78 Å². The molecule has 2 rings (SSSR count). The Bertz CT molecular complexity index is 225. The Morgan fingerprint density at radius 2 is 2.00 bits per heavy atom. The minimum atomic E-state index is -0.0184.